The Kier molecular flexibility index (Phi) is 6.58. The van der Waals surface area contributed by atoms with E-state index >= 15 is 0 Å². The molecule has 0 aromatic carbocycles. The van der Waals surface area contributed by atoms with E-state index in [-0.39, 0.29) is 5.97 Å². The average Bonchev–Trinajstić information content (AvgIpc) is 2.82. The van der Waals surface area contributed by atoms with Gasteiger partial charge in [-0.3, -0.25) is 0 Å². The summed E-state index contributed by atoms with van der Waals surface area (Å²) in [7, 11) is 0. The molecule has 1 heterocycles. The Bertz CT molecular complexity index is 423. The molecule has 2 rings (SSSR count). The Morgan fingerprint density at radius 3 is 2.30 bits per heavy atom. The lowest BCUT2D eigenvalue weighted by molar-refractivity contribution is 0.0525. The first-order valence-electron chi connectivity index (χ1n) is 8.09. The second-order valence-corrected chi connectivity index (χ2v) is 6.56. The molecule has 1 aromatic heterocycles. The number of hydrogen-bond acceptors (Lipinski definition) is 3. The number of hydrogen-bond donors (Lipinski definition) is 0. The van der Waals surface area contributed by atoms with E-state index in [4.69, 9.17) is 4.74 Å². The fraction of sp³-hybridized carbons (Fsp3) is 0.706. The number of rotatable bonds is 2. The molecule has 112 valence electrons. The third kappa shape index (κ3) is 4.34. The first-order valence-corrected chi connectivity index (χ1v) is 8.97. The van der Waals surface area contributed by atoms with E-state index in [1.807, 2.05) is 12.3 Å². The third-order valence-electron chi connectivity index (χ3n) is 4.06. The summed E-state index contributed by atoms with van der Waals surface area (Å²) >= 11 is 1.76. The molecule has 1 aromatic rings. The lowest BCUT2D eigenvalue weighted by Crippen LogP contribution is -2.07. The third-order valence-corrected chi connectivity index (χ3v) is 5.15. The van der Waals surface area contributed by atoms with Crippen LogP contribution >= 0.6 is 11.3 Å². The number of aryl methyl sites for hydroxylation is 1. The number of thiophene rings is 1. The second kappa shape index (κ2) is 8.46. The van der Waals surface area contributed by atoms with Crippen LogP contribution < -0.4 is 0 Å². The highest BCUT2D eigenvalue weighted by atomic mass is 32.1. The number of carbonyl (C=O) groups excluding carboxylic acids is 1. The van der Waals surface area contributed by atoms with Gasteiger partial charge in [-0.25, -0.2) is 4.79 Å². The summed E-state index contributed by atoms with van der Waals surface area (Å²) < 4.78 is 5.19. The van der Waals surface area contributed by atoms with Crippen LogP contribution in [0.5, 0.6) is 0 Å². The van der Waals surface area contributed by atoms with Gasteiger partial charge in [0.15, 0.2) is 0 Å². The van der Waals surface area contributed by atoms with Gasteiger partial charge in [0.2, 0.25) is 0 Å². The number of esters is 1. The molecule has 0 fully saturated rings. The molecule has 1 aliphatic rings. The predicted molar refractivity (Wildman–Crippen MR) is 84.6 cm³/mol. The summed E-state index contributed by atoms with van der Waals surface area (Å²) in [6, 6.07) is 0. The van der Waals surface area contributed by atoms with Crippen LogP contribution in [-0.4, -0.2) is 12.6 Å². The van der Waals surface area contributed by atoms with Crippen LogP contribution in [-0.2, 0) is 17.6 Å². The van der Waals surface area contributed by atoms with Crippen molar-refractivity contribution >= 4 is 17.3 Å². The Hall–Kier alpha value is -0.830. The van der Waals surface area contributed by atoms with Gasteiger partial charge >= 0.3 is 5.97 Å². The normalized spacial score (nSPS) is 17.6. The van der Waals surface area contributed by atoms with Crippen molar-refractivity contribution in [2.24, 2.45) is 0 Å². The number of ether oxygens (including phenoxy) is 1. The van der Waals surface area contributed by atoms with E-state index in [9.17, 15) is 4.79 Å². The first-order chi connectivity index (χ1) is 9.83. The van der Waals surface area contributed by atoms with E-state index in [1.165, 1.54) is 61.8 Å². The maximum Gasteiger partial charge on any atom is 0.339 e. The number of carbonyl (C=O) groups is 1. The highest BCUT2D eigenvalue weighted by Crippen LogP contribution is 2.28. The van der Waals surface area contributed by atoms with Crippen LogP contribution in [0.25, 0.3) is 0 Å². The molecule has 0 spiro atoms. The van der Waals surface area contributed by atoms with Gasteiger partial charge in [0.05, 0.1) is 12.2 Å². The van der Waals surface area contributed by atoms with Gasteiger partial charge in [-0.05, 0) is 38.2 Å². The fourth-order valence-corrected chi connectivity index (χ4v) is 4.05. The first kappa shape index (κ1) is 15.6. The van der Waals surface area contributed by atoms with Crippen LogP contribution in [0.1, 0.15) is 79.1 Å². The van der Waals surface area contributed by atoms with Crippen molar-refractivity contribution in [3.8, 4) is 0 Å². The monoisotopic (exact) mass is 294 g/mol. The zero-order valence-corrected chi connectivity index (χ0v) is 13.4. The quantitative estimate of drug-likeness (QED) is 0.706. The predicted octanol–water partition coefficient (Wildman–Crippen LogP) is 5.14. The zero-order valence-electron chi connectivity index (χ0n) is 12.6. The molecular weight excluding hydrogens is 268 g/mol. The largest absolute Gasteiger partial charge is 0.462 e. The lowest BCUT2D eigenvalue weighted by atomic mass is 9.98. The van der Waals surface area contributed by atoms with Crippen molar-refractivity contribution in [3.63, 3.8) is 0 Å². The van der Waals surface area contributed by atoms with Crippen molar-refractivity contribution < 1.29 is 9.53 Å². The molecule has 0 saturated heterocycles. The smallest absolute Gasteiger partial charge is 0.339 e. The molecule has 0 atom stereocenters. The SMILES string of the molecule is CCOC(=O)c1csc2c1CCCCCCCCCC2. The van der Waals surface area contributed by atoms with Gasteiger partial charge in [0.25, 0.3) is 0 Å². The molecule has 20 heavy (non-hydrogen) atoms. The Morgan fingerprint density at radius 2 is 1.65 bits per heavy atom. The topological polar surface area (TPSA) is 26.3 Å². The Morgan fingerprint density at radius 1 is 1.05 bits per heavy atom. The van der Waals surface area contributed by atoms with Crippen LogP contribution in [0.2, 0.25) is 0 Å². The summed E-state index contributed by atoms with van der Waals surface area (Å²) in [5.74, 6) is -0.128. The highest BCUT2D eigenvalue weighted by molar-refractivity contribution is 7.10. The van der Waals surface area contributed by atoms with Crippen LogP contribution in [0.15, 0.2) is 5.38 Å². The summed E-state index contributed by atoms with van der Waals surface area (Å²) in [5.41, 5.74) is 2.12. The minimum absolute atomic E-state index is 0.128. The molecule has 0 radical (unpaired) electrons. The molecule has 2 nitrogen and oxygen atoms in total. The van der Waals surface area contributed by atoms with E-state index in [1.54, 1.807) is 11.3 Å². The minimum Gasteiger partial charge on any atom is -0.462 e. The molecule has 0 saturated carbocycles. The lowest BCUT2D eigenvalue weighted by Gasteiger charge is -2.09. The van der Waals surface area contributed by atoms with Crippen LogP contribution in [0, 0.1) is 0 Å². The maximum atomic E-state index is 12.0. The van der Waals surface area contributed by atoms with Gasteiger partial charge in [-0.15, -0.1) is 11.3 Å². The van der Waals surface area contributed by atoms with Crippen LogP contribution in [0.3, 0.4) is 0 Å². The van der Waals surface area contributed by atoms with Crippen LogP contribution in [0.4, 0.5) is 0 Å². The summed E-state index contributed by atoms with van der Waals surface area (Å²) in [4.78, 5) is 13.5. The van der Waals surface area contributed by atoms with Gasteiger partial charge in [-0.1, -0.05) is 38.5 Å². The molecule has 0 bridgehead atoms. The van der Waals surface area contributed by atoms with Gasteiger partial charge < -0.3 is 4.74 Å². The van der Waals surface area contributed by atoms with E-state index in [0.717, 1.165) is 18.4 Å². The summed E-state index contributed by atoms with van der Waals surface area (Å²) in [6.07, 6.45) is 12.7. The Balaban J connectivity index is 2.11. The standard InChI is InChI=1S/C17H26O2S/c1-2-19-17(18)15-13-20-16-12-10-8-6-4-3-5-7-9-11-14(15)16/h13H,2-12H2,1H3. The highest BCUT2D eigenvalue weighted by Gasteiger charge is 2.18. The molecule has 0 unspecified atom stereocenters. The fourth-order valence-electron chi connectivity index (χ4n) is 2.93. The molecule has 0 aliphatic heterocycles. The molecular formula is C17H26O2S. The van der Waals surface area contributed by atoms with Crippen molar-refractivity contribution in [1.29, 1.82) is 0 Å². The second-order valence-electron chi connectivity index (χ2n) is 5.60. The van der Waals surface area contributed by atoms with Gasteiger partial charge in [-0.2, -0.15) is 0 Å². The van der Waals surface area contributed by atoms with Crippen molar-refractivity contribution in [1.82, 2.24) is 0 Å². The average molecular weight is 294 g/mol. The molecule has 0 N–H and O–H groups in total. The van der Waals surface area contributed by atoms with Crippen molar-refractivity contribution in [2.75, 3.05) is 6.61 Å². The van der Waals surface area contributed by atoms with Gasteiger partial charge in [0, 0.05) is 10.3 Å². The van der Waals surface area contributed by atoms with Crippen molar-refractivity contribution in [3.05, 3.63) is 21.4 Å². The molecule has 1 aliphatic carbocycles. The van der Waals surface area contributed by atoms with E-state index < -0.39 is 0 Å². The summed E-state index contributed by atoms with van der Waals surface area (Å²) in [6.45, 7) is 2.33. The molecule has 0 amide bonds. The molecule has 3 heteroatoms. The summed E-state index contributed by atoms with van der Waals surface area (Å²) in [5, 5.41) is 2.02. The maximum absolute atomic E-state index is 12.0. The van der Waals surface area contributed by atoms with Crippen molar-refractivity contribution in [2.45, 2.75) is 71.1 Å². The van der Waals surface area contributed by atoms with E-state index in [2.05, 4.69) is 0 Å². The van der Waals surface area contributed by atoms with Gasteiger partial charge in [0.1, 0.15) is 0 Å². The minimum atomic E-state index is -0.128. The number of fused-ring (bicyclic) bond motifs is 1. The van der Waals surface area contributed by atoms with E-state index in [0.29, 0.717) is 6.61 Å². The zero-order chi connectivity index (χ0) is 14.2. The Labute approximate surface area is 126 Å².